The first-order valence-electron chi connectivity index (χ1n) is 11.1. The van der Waals surface area contributed by atoms with Gasteiger partial charge < -0.3 is 19.1 Å². The van der Waals surface area contributed by atoms with E-state index in [9.17, 15) is 9.59 Å². The van der Waals surface area contributed by atoms with Gasteiger partial charge in [0.1, 0.15) is 23.0 Å². The molecule has 1 N–H and O–H groups in total. The summed E-state index contributed by atoms with van der Waals surface area (Å²) in [5.41, 5.74) is 2.02. The number of amides is 2. The van der Waals surface area contributed by atoms with Crippen molar-refractivity contribution in [2.45, 2.75) is 20.4 Å². The van der Waals surface area contributed by atoms with Gasteiger partial charge in [-0.25, -0.2) is 0 Å². The van der Waals surface area contributed by atoms with E-state index in [1.807, 2.05) is 44.2 Å². The Hall–Kier alpha value is -4.65. The molecule has 0 bridgehead atoms. The minimum Gasteiger partial charge on any atom is -0.462 e. The highest BCUT2D eigenvalue weighted by molar-refractivity contribution is 6.04. The number of aryl methyl sites for hydroxylation is 2. The lowest BCUT2D eigenvalue weighted by Crippen LogP contribution is -2.29. The largest absolute Gasteiger partial charge is 0.462 e. The molecule has 0 fully saturated rings. The predicted octanol–water partition coefficient (Wildman–Crippen LogP) is 5.78. The number of hydrogen-bond acceptors (Lipinski definition) is 5. The molecule has 0 atom stereocenters. The summed E-state index contributed by atoms with van der Waals surface area (Å²) in [5.74, 6) is 2.25. The molecule has 3 heterocycles. The van der Waals surface area contributed by atoms with E-state index >= 15 is 0 Å². The molecular formula is C28H25N3O4. The molecule has 7 nitrogen and oxygen atoms in total. The molecule has 0 saturated heterocycles. The van der Waals surface area contributed by atoms with E-state index < -0.39 is 0 Å². The topological polar surface area (TPSA) is 88.6 Å². The van der Waals surface area contributed by atoms with Crippen LogP contribution in [-0.2, 0) is 16.1 Å². The first kappa shape index (κ1) is 23.5. The third-order valence-corrected chi connectivity index (χ3v) is 5.07. The molecule has 1 aromatic carbocycles. The van der Waals surface area contributed by atoms with Crippen molar-refractivity contribution in [3.05, 3.63) is 114 Å². The molecule has 0 aliphatic carbocycles. The molecular weight excluding hydrogens is 442 g/mol. The van der Waals surface area contributed by atoms with Gasteiger partial charge in [-0.2, -0.15) is 0 Å². The van der Waals surface area contributed by atoms with Crippen molar-refractivity contribution in [2.75, 3.05) is 10.2 Å². The summed E-state index contributed by atoms with van der Waals surface area (Å²) in [6.45, 7) is 3.98. The fraction of sp³-hybridized carbons (Fsp3) is 0.107. The van der Waals surface area contributed by atoms with Crippen molar-refractivity contribution >= 4 is 35.3 Å². The Kier molecular flexibility index (Phi) is 7.37. The molecule has 0 radical (unpaired) electrons. The predicted molar refractivity (Wildman–Crippen MR) is 135 cm³/mol. The summed E-state index contributed by atoms with van der Waals surface area (Å²) >= 11 is 0. The summed E-state index contributed by atoms with van der Waals surface area (Å²) in [5, 5.41) is 2.80. The molecule has 35 heavy (non-hydrogen) atoms. The molecule has 2 amide bonds. The summed E-state index contributed by atoms with van der Waals surface area (Å²) in [6, 6.07) is 19.9. The van der Waals surface area contributed by atoms with Gasteiger partial charge in [0, 0.05) is 29.7 Å². The van der Waals surface area contributed by atoms with Gasteiger partial charge in [0.25, 0.3) is 5.91 Å². The van der Waals surface area contributed by atoms with Gasteiger partial charge in [0.05, 0.1) is 12.2 Å². The molecule has 7 heteroatoms. The van der Waals surface area contributed by atoms with Crippen LogP contribution in [0, 0.1) is 13.8 Å². The summed E-state index contributed by atoms with van der Waals surface area (Å²) < 4.78 is 10.9. The Morgan fingerprint density at radius 3 is 2.09 bits per heavy atom. The molecule has 176 valence electrons. The van der Waals surface area contributed by atoms with Gasteiger partial charge >= 0.3 is 0 Å². The lowest BCUT2D eigenvalue weighted by atomic mass is 10.2. The van der Waals surface area contributed by atoms with Crippen molar-refractivity contribution < 1.29 is 18.4 Å². The number of anilines is 2. The van der Waals surface area contributed by atoms with Gasteiger partial charge in [-0.3, -0.25) is 14.6 Å². The zero-order chi connectivity index (χ0) is 24.6. The number of hydrogen-bond donors (Lipinski definition) is 1. The number of furan rings is 2. The van der Waals surface area contributed by atoms with Crippen LogP contribution in [0.4, 0.5) is 11.4 Å². The maximum Gasteiger partial charge on any atom is 0.251 e. The van der Waals surface area contributed by atoms with Crippen LogP contribution in [0.15, 0.2) is 93.9 Å². The van der Waals surface area contributed by atoms with Crippen LogP contribution in [0.3, 0.4) is 0 Å². The Morgan fingerprint density at radius 2 is 1.51 bits per heavy atom. The van der Waals surface area contributed by atoms with Gasteiger partial charge in [0.2, 0.25) is 5.91 Å². The number of nitrogens with one attached hydrogen (secondary N) is 1. The van der Waals surface area contributed by atoms with E-state index in [4.69, 9.17) is 8.83 Å². The van der Waals surface area contributed by atoms with Crippen LogP contribution in [0.5, 0.6) is 0 Å². The Morgan fingerprint density at radius 1 is 0.857 bits per heavy atom. The quantitative estimate of drug-likeness (QED) is 0.332. The second-order valence-electron chi connectivity index (χ2n) is 7.85. The van der Waals surface area contributed by atoms with E-state index in [0.29, 0.717) is 22.9 Å². The van der Waals surface area contributed by atoms with Crippen LogP contribution < -0.4 is 10.2 Å². The number of nitrogens with zero attached hydrogens (tertiary/aromatic N) is 2. The maximum absolute atomic E-state index is 13.1. The molecule has 0 aliphatic rings. The van der Waals surface area contributed by atoms with Gasteiger partial charge in [-0.05, 0) is 86.7 Å². The normalized spacial score (nSPS) is 11.3. The number of carbonyl (C=O) groups is 2. The van der Waals surface area contributed by atoms with Crippen LogP contribution in [0.25, 0.3) is 12.2 Å². The average Bonchev–Trinajstić information content (AvgIpc) is 3.48. The molecule has 3 aromatic heterocycles. The minimum atomic E-state index is -0.287. The van der Waals surface area contributed by atoms with Crippen LogP contribution in [-0.4, -0.2) is 16.8 Å². The summed E-state index contributed by atoms with van der Waals surface area (Å²) in [4.78, 5) is 31.3. The van der Waals surface area contributed by atoms with Gasteiger partial charge in [-0.1, -0.05) is 6.07 Å². The Labute approximate surface area is 203 Å². The van der Waals surface area contributed by atoms with Crippen LogP contribution >= 0.6 is 0 Å². The number of rotatable bonds is 8. The number of carbonyl (C=O) groups excluding carboxylic acids is 2. The van der Waals surface area contributed by atoms with E-state index in [1.165, 1.54) is 12.2 Å². The fourth-order valence-electron chi connectivity index (χ4n) is 3.35. The van der Waals surface area contributed by atoms with Crippen LogP contribution in [0.1, 0.15) is 28.7 Å². The number of pyridine rings is 1. The van der Waals surface area contributed by atoms with Crippen molar-refractivity contribution in [1.82, 2.24) is 4.98 Å². The summed E-state index contributed by atoms with van der Waals surface area (Å²) in [6.07, 6.45) is 7.82. The zero-order valence-corrected chi connectivity index (χ0v) is 19.5. The van der Waals surface area contributed by atoms with Gasteiger partial charge in [-0.15, -0.1) is 0 Å². The third kappa shape index (κ3) is 6.68. The maximum atomic E-state index is 13.1. The van der Waals surface area contributed by atoms with E-state index in [-0.39, 0.29) is 18.4 Å². The van der Waals surface area contributed by atoms with Gasteiger partial charge in [0.15, 0.2) is 0 Å². The standard InChI is InChI=1S/C28H25N3O4/c1-20-6-12-25(34-20)14-16-27(32)30-22-8-10-24(11-9-22)31(19-23-5-3-4-18-29-23)28(33)17-15-26-13-7-21(2)35-26/h3-18H,19H2,1-2H3,(H,30,32)/b16-14-,17-15-. The van der Waals surface area contributed by atoms with Crippen molar-refractivity contribution in [3.63, 3.8) is 0 Å². The van der Waals surface area contributed by atoms with Crippen molar-refractivity contribution in [2.24, 2.45) is 0 Å². The SMILES string of the molecule is Cc1ccc(/C=C\C(=O)Nc2ccc(N(Cc3ccccn3)C(=O)/C=C\c3ccc(C)o3)cc2)o1. The fourth-order valence-corrected chi connectivity index (χ4v) is 3.35. The first-order chi connectivity index (χ1) is 17.0. The van der Waals surface area contributed by atoms with Crippen molar-refractivity contribution in [1.29, 1.82) is 0 Å². The van der Waals surface area contributed by atoms with E-state index in [1.54, 1.807) is 59.6 Å². The van der Waals surface area contributed by atoms with Crippen LogP contribution in [0.2, 0.25) is 0 Å². The van der Waals surface area contributed by atoms with E-state index in [2.05, 4.69) is 10.3 Å². The molecule has 4 aromatic rings. The average molecular weight is 468 g/mol. The Balaban J connectivity index is 1.48. The highest BCUT2D eigenvalue weighted by Crippen LogP contribution is 2.21. The smallest absolute Gasteiger partial charge is 0.251 e. The lowest BCUT2D eigenvalue weighted by molar-refractivity contribution is -0.114. The zero-order valence-electron chi connectivity index (χ0n) is 19.5. The first-order valence-corrected chi connectivity index (χ1v) is 11.1. The molecule has 0 aliphatic heterocycles. The number of aromatic nitrogens is 1. The van der Waals surface area contributed by atoms with E-state index in [0.717, 1.165) is 17.2 Å². The minimum absolute atomic E-state index is 0.224. The van der Waals surface area contributed by atoms with Crippen molar-refractivity contribution in [3.8, 4) is 0 Å². The second-order valence-corrected chi connectivity index (χ2v) is 7.85. The molecule has 0 spiro atoms. The monoisotopic (exact) mass is 467 g/mol. The second kappa shape index (κ2) is 11.0. The lowest BCUT2D eigenvalue weighted by Gasteiger charge is -2.21. The molecule has 0 unspecified atom stereocenters. The highest BCUT2D eigenvalue weighted by atomic mass is 16.3. The summed E-state index contributed by atoms with van der Waals surface area (Å²) in [7, 11) is 0. The Bertz CT molecular complexity index is 1350. The highest BCUT2D eigenvalue weighted by Gasteiger charge is 2.15. The third-order valence-electron chi connectivity index (χ3n) is 5.07. The number of benzene rings is 1. The molecule has 4 rings (SSSR count). The molecule has 0 saturated carbocycles.